The molecule has 156 valence electrons. The third-order valence-corrected chi connectivity index (χ3v) is 3.98. The van der Waals surface area contributed by atoms with Crippen molar-refractivity contribution >= 4 is 23.6 Å². The molecule has 0 saturated heterocycles. The molecule has 0 aliphatic carbocycles. The maximum Gasteiger partial charge on any atom is 0.262 e. The van der Waals surface area contributed by atoms with Crippen molar-refractivity contribution in [2.75, 3.05) is 25.6 Å². The van der Waals surface area contributed by atoms with Crippen LogP contribution in [0, 0.1) is 17.2 Å². The lowest BCUT2D eigenvalue weighted by atomic mass is 10.1. The van der Waals surface area contributed by atoms with Crippen LogP contribution in [0.5, 0.6) is 11.5 Å². The molecule has 0 atom stereocenters. The highest BCUT2D eigenvalue weighted by Gasteiger charge is 2.10. The van der Waals surface area contributed by atoms with Gasteiger partial charge in [-0.3, -0.25) is 9.59 Å². The number of amides is 2. The lowest BCUT2D eigenvalue weighted by Gasteiger charge is -2.10. The van der Waals surface area contributed by atoms with Crippen LogP contribution in [0.1, 0.15) is 19.4 Å². The number of hydrogen-bond acceptors (Lipinski definition) is 5. The number of nitrogens with zero attached hydrogens (tertiary/aromatic N) is 1. The molecule has 7 heteroatoms. The van der Waals surface area contributed by atoms with Gasteiger partial charge in [0.2, 0.25) is 0 Å². The average molecular weight is 407 g/mol. The number of anilines is 1. The monoisotopic (exact) mass is 407 g/mol. The Morgan fingerprint density at radius 1 is 1.13 bits per heavy atom. The zero-order chi connectivity index (χ0) is 21.9. The normalized spacial score (nSPS) is 10.8. The van der Waals surface area contributed by atoms with E-state index in [0.717, 1.165) is 0 Å². The van der Waals surface area contributed by atoms with E-state index in [4.69, 9.17) is 9.47 Å². The van der Waals surface area contributed by atoms with Gasteiger partial charge in [-0.25, -0.2) is 0 Å². The van der Waals surface area contributed by atoms with E-state index in [9.17, 15) is 14.9 Å². The first kappa shape index (κ1) is 22.5. The Balaban J connectivity index is 1.93. The fraction of sp³-hybridized carbons (Fsp3) is 0.261. The maximum atomic E-state index is 12.1. The fourth-order valence-corrected chi connectivity index (χ4v) is 2.45. The highest BCUT2D eigenvalue weighted by atomic mass is 16.5. The Hall–Kier alpha value is -3.79. The predicted molar refractivity (Wildman–Crippen MR) is 115 cm³/mol. The van der Waals surface area contributed by atoms with E-state index in [1.165, 1.54) is 13.2 Å². The van der Waals surface area contributed by atoms with E-state index in [1.807, 2.05) is 26.0 Å². The molecule has 7 nitrogen and oxygen atoms in total. The van der Waals surface area contributed by atoms with Crippen LogP contribution >= 0.6 is 0 Å². The first-order valence-electron chi connectivity index (χ1n) is 9.48. The van der Waals surface area contributed by atoms with E-state index in [-0.39, 0.29) is 18.1 Å². The minimum absolute atomic E-state index is 0.0282. The van der Waals surface area contributed by atoms with E-state index >= 15 is 0 Å². The van der Waals surface area contributed by atoms with E-state index in [1.54, 1.807) is 42.5 Å². The van der Waals surface area contributed by atoms with Gasteiger partial charge in [0, 0.05) is 6.54 Å². The van der Waals surface area contributed by atoms with Crippen LogP contribution in [0.25, 0.3) is 6.08 Å². The summed E-state index contributed by atoms with van der Waals surface area (Å²) in [6.45, 7) is 4.28. The Morgan fingerprint density at radius 2 is 1.83 bits per heavy atom. The van der Waals surface area contributed by atoms with E-state index in [0.29, 0.717) is 35.2 Å². The van der Waals surface area contributed by atoms with Crippen LogP contribution in [0.2, 0.25) is 0 Å². The van der Waals surface area contributed by atoms with Crippen LogP contribution in [0.15, 0.2) is 54.1 Å². The first-order chi connectivity index (χ1) is 14.4. The predicted octanol–water partition coefficient (Wildman–Crippen LogP) is 3.39. The van der Waals surface area contributed by atoms with Gasteiger partial charge in [0.15, 0.2) is 6.61 Å². The molecule has 0 aromatic heterocycles. The smallest absolute Gasteiger partial charge is 0.262 e. The number of carbonyl (C=O) groups is 2. The van der Waals surface area contributed by atoms with Crippen LogP contribution in [0.3, 0.4) is 0 Å². The van der Waals surface area contributed by atoms with Crippen LogP contribution in [-0.2, 0) is 9.59 Å². The Bertz CT molecular complexity index is 944. The Labute approximate surface area is 176 Å². The van der Waals surface area contributed by atoms with Crippen LogP contribution < -0.4 is 20.1 Å². The summed E-state index contributed by atoms with van der Waals surface area (Å²) in [6, 6.07) is 15.8. The number of rotatable bonds is 9. The molecular weight excluding hydrogens is 382 g/mol. The standard InChI is InChI=1S/C23H25N3O4/c1-16(2)14-25-23(28)18(13-24)12-17-8-10-19(11-9-17)30-15-22(27)26-20-6-4-5-7-21(20)29-3/h4-12,16H,14-15H2,1-3H3,(H,25,28)(H,26,27). The molecule has 0 unspecified atom stereocenters. The minimum atomic E-state index is -0.403. The van der Waals surface area contributed by atoms with Gasteiger partial charge in [0.05, 0.1) is 12.8 Å². The molecule has 30 heavy (non-hydrogen) atoms. The van der Waals surface area contributed by atoms with E-state index < -0.39 is 5.91 Å². The molecule has 0 heterocycles. The first-order valence-corrected chi connectivity index (χ1v) is 9.48. The highest BCUT2D eigenvalue weighted by molar-refractivity contribution is 6.01. The summed E-state index contributed by atoms with van der Waals surface area (Å²) < 4.78 is 10.7. The molecule has 0 fully saturated rings. The number of benzene rings is 2. The molecule has 2 amide bonds. The van der Waals surface area contributed by atoms with Crippen molar-refractivity contribution < 1.29 is 19.1 Å². The summed E-state index contributed by atoms with van der Waals surface area (Å²) in [5.41, 5.74) is 1.27. The van der Waals surface area contributed by atoms with E-state index in [2.05, 4.69) is 10.6 Å². The number of nitrogens with one attached hydrogen (secondary N) is 2. The number of hydrogen-bond donors (Lipinski definition) is 2. The summed E-state index contributed by atoms with van der Waals surface area (Å²) in [5, 5.41) is 14.7. The fourth-order valence-electron chi connectivity index (χ4n) is 2.45. The van der Waals surface area contributed by atoms with Crippen molar-refractivity contribution in [3.63, 3.8) is 0 Å². The lowest BCUT2D eigenvalue weighted by Crippen LogP contribution is -2.28. The van der Waals surface area contributed by atoms with Gasteiger partial charge in [0.25, 0.3) is 11.8 Å². The second-order valence-corrected chi connectivity index (χ2v) is 6.88. The molecule has 0 radical (unpaired) electrons. The number of carbonyl (C=O) groups excluding carboxylic acids is 2. The van der Waals surface area contributed by atoms with Gasteiger partial charge < -0.3 is 20.1 Å². The molecular formula is C23H25N3O4. The third-order valence-electron chi connectivity index (χ3n) is 3.98. The van der Waals surface area contributed by atoms with Gasteiger partial charge in [-0.05, 0) is 41.8 Å². The second kappa shape index (κ2) is 11.3. The number of para-hydroxylation sites is 2. The highest BCUT2D eigenvalue weighted by Crippen LogP contribution is 2.23. The third kappa shape index (κ3) is 6.99. The number of ether oxygens (including phenoxy) is 2. The molecule has 0 aliphatic heterocycles. The molecule has 2 aromatic carbocycles. The van der Waals surface area contributed by atoms with Crippen molar-refractivity contribution in [1.82, 2.24) is 5.32 Å². The lowest BCUT2D eigenvalue weighted by molar-refractivity contribution is -0.118. The Kier molecular flexibility index (Phi) is 8.45. The van der Waals surface area contributed by atoms with Gasteiger partial charge in [-0.15, -0.1) is 0 Å². The zero-order valence-electron chi connectivity index (χ0n) is 17.3. The van der Waals surface area contributed by atoms with Gasteiger partial charge in [-0.2, -0.15) is 5.26 Å². The summed E-state index contributed by atoms with van der Waals surface area (Å²) in [7, 11) is 1.53. The van der Waals surface area contributed by atoms with Gasteiger partial charge in [0.1, 0.15) is 23.1 Å². The largest absolute Gasteiger partial charge is 0.495 e. The molecule has 0 bridgehead atoms. The molecule has 2 aromatic rings. The van der Waals surface area contributed by atoms with Crippen molar-refractivity contribution in [2.45, 2.75) is 13.8 Å². The summed E-state index contributed by atoms with van der Waals surface area (Å²) >= 11 is 0. The van der Waals surface area contributed by atoms with Crippen LogP contribution in [-0.4, -0.2) is 32.1 Å². The zero-order valence-corrected chi connectivity index (χ0v) is 17.3. The molecule has 0 saturated carbocycles. The molecule has 2 N–H and O–H groups in total. The van der Waals surface area contributed by atoms with Gasteiger partial charge in [-0.1, -0.05) is 38.1 Å². The summed E-state index contributed by atoms with van der Waals surface area (Å²) in [5.74, 6) is 0.625. The number of nitriles is 1. The second-order valence-electron chi connectivity index (χ2n) is 6.88. The Morgan fingerprint density at radius 3 is 2.47 bits per heavy atom. The van der Waals surface area contributed by atoms with Gasteiger partial charge >= 0.3 is 0 Å². The van der Waals surface area contributed by atoms with Crippen molar-refractivity contribution in [3.05, 3.63) is 59.7 Å². The van der Waals surface area contributed by atoms with Crippen LogP contribution in [0.4, 0.5) is 5.69 Å². The summed E-state index contributed by atoms with van der Waals surface area (Å²) in [6.07, 6.45) is 1.51. The minimum Gasteiger partial charge on any atom is -0.495 e. The molecule has 0 aliphatic rings. The number of methoxy groups -OCH3 is 1. The van der Waals surface area contributed by atoms with Crippen molar-refractivity contribution in [3.8, 4) is 17.6 Å². The summed E-state index contributed by atoms with van der Waals surface area (Å²) in [4.78, 5) is 24.2. The SMILES string of the molecule is COc1ccccc1NC(=O)COc1ccc(C=C(C#N)C(=O)NCC(C)C)cc1. The molecule has 2 rings (SSSR count). The maximum absolute atomic E-state index is 12.1. The van der Waals surface area contributed by atoms with Crippen molar-refractivity contribution in [1.29, 1.82) is 5.26 Å². The molecule has 0 spiro atoms. The quantitative estimate of drug-likeness (QED) is 0.490. The average Bonchev–Trinajstić information content (AvgIpc) is 2.75. The topological polar surface area (TPSA) is 100 Å². The van der Waals surface area contributed by atoms with Crippen molar-refractivity contribution in [2.24, 2.45) is 5.92 Å².